The third-order valence-electron chi connectivity index (χ3n) is 2.47. The molecular formula is C11H14N2O4S. The Labute approximate surface area is 105 Å². The van der Waals surface area contributed by atoms with Gasteiger partial charge in [0, 0.05) is 0 Å². The molecule has 1 amide bonds. The summed E-state index contributed by atoms with van der Waals surface area (Å²) in [6, 6.07) is 4.88. The minimum absolute atomic E-state index is 0.291. The van der Waals surface area contributed by atoms with Gasteiger partial charge in [0.1, 0.15) is 11.4 Å². The SMILES string of the molecule is CC1(C)Oc2cccc(NS(C)(=O)=O)c2NC1=O. The molecule has 1 aromatic carbocycles. The van der Waals surface area contributed by atoms with Gasteiger partial charge in [-0.2, -0.15) is 0 Å². The molecule has 0 radical (unpaired) electrons. The normalized spacial score (nSPS) is 17.4. The summed E-state index contributed by atoms with van der Waals surface area (Å²) in [5, 5.41) is 2.65. The smallest absolute Gasteiger partial charge is 0.268 e. The Hall–Kier alpha value is -1.76. The van der Waals surface area contributed by atoms with Gasteiger partial charge >= 0.3 is 0 Å². The maximum Gasteiger partial charge on any atom is 0.268 e. The highest BCUT2D eigenvalue weighted by Crippen LogP contribution is 2.39. The molecule has 0 aromatic heterocycles. The molecule has 0 bridgehead atoms. The van der Waals surface area contributed by atoms with Gasteiger partial charge in [0.05, 0.1) is 11.9 Å². The topological polar surface area (TPSA) is 84.5 Å². The van der Waals surface area contributed by atoms with Crippen molar-refractivity contribution in [3.05, 3.63) is 18.2 Å². The van der Waals surface area contributed by atoms with Crippen LogP contribution in [0.5, 0.6) is 5.75 Å². The molecule has 1 aliphatic rings. The summed E-state index contributed by atoms with van der Waals surface area (Å²) in [5.41, 5.74) is -0.345. The van der Waals surface area contributed by atoms with Crippen molar-refractivity contribution in [3.63, 3.8) is 0 Å². The van der Waals surface area contributed by atoms with Gasteiger partial charge < -0.3 is 10.1 Å². The molecule has 0 unspecified atom stereocenters. The zero-order valence-corrected chi connectivity index (χ0v) is 11.1. The molecule has 98 valence electrons. The van der Waals surface area contributed by atoms with E-state index in [-0.39, 0.29) is 5.91 Å². The highest BCUT2D eigenvalue weighted by Gasteiger charge is 2.36. The summed E-state index contributed by atoms with van der Waals surface area (Å²) in [6.45, 7) is 3.28. The summed E-state index contributed by atoms with van der Waals surface area (Å²) in [6.07, 6.45) is 1.04. The number of carbonyl (C=O) groups excluding carboxylic acids is 1. The van der Waals surface area contributed by atoms with Gasteiger partial charge in [0.15, 0.2) is 5.60 Å². The molecule has 2 rings (SSSR count). The van der Waals surface area contributed by atoms with Crippen molar-refractivity contribution in [2.45, 2.75) is 19.4 Å². The highest BCUT2D eigenvalue weighted by atomic mass is 32.2. The predicted molar refractivity (Wildman–Crippen MR) is 68.2 cm³/mol. The van der Waals surface area contributed by atoms with Crippen LogP contribution in [-0.2, 0) is 14.8 Å². The molecule has 18 heavy (non-hydrogen) atoms. The molecule has 0 saturated heterocycles. The van der Waals surface area contributed by atoms with Crippen LogP contribution < -0.4 is 14.8 Å². The first-order valence-corrected chi connectivity index (χ1v) is 7.19. The number of para-hydroxylation sites is 1. The Kier molecular flexibility index (Phi) is 2.73. The number of carbonyl (C=O) groups is 1. The van der Waals surface area contributed by atoms with Crippen molar-refractivity contribution in [2.24, 2.45) is 0 Å². The van der Waals surface area contributed by atoms with E-state index in [9.17, 15) is 13.2 Å². The zero-order chi connectivity index (χ0) is 13.6. The standard InChI is InChI=1S/C11H14N2O4S/c1-11(2)10(14)12-9-7(13-18(3,15)16)5-4-6-8(9)17-11/h4-6,13H,1-3H3,(H,12,14). The van der Waals surface area contributed by atoms with Crippen molar-refractivity contribution < 1.29 is 17.9 Å². The minimum atomic E-state index is -3.41. The number of fused-ring (bicyclic) bond motifs is 1. The number of nitrogens with one attached hydrogen (secondary N) is 2. The molecule has 6 nitrogen and oxygen atoms in total. The predicted octanol–water partition coefficient (Wildman–Crippen LogP) is 1.17. The molecule has 0 saturated carbocycles. The molecule has 2 N–H and O–H groups in total. The Morgan fingerprint density at radius 1 is 1.33 bits per heavy atom. The molecule has 1 aliphatic heterocycles. The van der Waals surface area contributed by atoms with Gasteiger partial charge in [-0.1, -0.05) is 6.07 Å². The lowest BCUT2D eigenvalue weighted by molar-refractivity contribution is -0.129. The van der Waals surface area contributed by atoms with Crippen LogP contribution in [0.4, 0.5) is 11.4 Å². The lowest BCUT2D eigenvalue weighted by atomic mass is 10.1. The maximum absolute atomic E-state index is 11.8. The van der Waals surface area contributed by atoms with E-state index in [0.29, 0.717) is 17.1 Å². The van der Waals surface area contributed by atoms with Crippen molar-refractivity contribution >= 4 is 27.3 Å². The second kappa shape index (κ2) is 3.88. The Balaban J connectivity index is 2.47. The average Bonchev–Trinajstić information content (AvgIpc) is 2.18. The lowest BCUT2D eigenvalue weighted by Gasteiger charge is -2.32. The second-order valence-electron chi connectivity index (χ2n) is 4.62. The molecule has 0 aliphatic carbocycles. The first-order valence-electron chi connectivity index (χ1n) is 5.30. The van der Waals surface area contributed by atoms with E-state index in [2.05, 4.69) is 10.0 Å². The van der Waals surface area contributed by atoms with Crippen LogP contribution in [0.25, 0.3) is 0 Å². The summed E-state index contributed by atoms with van der Waals surface area (Å²) >= 11 is 0. The van der Waals surface area contributed by atoms with Gasteiger partial charge in [-0.05, 0) is 26.0 Å². The van der Waals surface area contributed by atoms with Crippen LogP contribution in [0, 0.1) is 0 Å². The van der Waals surface area contributed by atoms with E-state index in [1.807, 2.05) is 0 Å². The fourth-order valence-electron chi connectivity index (χ4n) is 1.62. The molecule has 1 heterocycles. The van der Waals surface area contributed by atoms with E-state index in [1.54, 1.807) is 32.0 Å². The number of anilines is 2. The largest absolute Gasteiger partial charge is 0.476 e. The molecule has 0 atom stereocenters. The number of hydrogen-bond acceptors (Lipinski definition) is 4. The maximum atomic E-state index is 11.8. The molecular weight excluding hydrogens is 256 g/mol. The number of sulfonamides is 1. The van der Waals surface area contributed by atoms with E-state index >= 15 is 0 Å². The number of amides is 1. The van der Waals surface area contributed by atoms with E-state index < -0.39 is 15.6 Å². The van der Waals surface area contributed by atoms with Gasteiger partial charge in [-0.3, -0.25) is 9.52 Å². The van der Waals surface area contributed by atoms with Crippen molar-refractivity contribution in [3.8, 4) is 5.75 Å². The zero-order valence-electron chi connectivity index (χ0n) is 10.3. The van der Waals surface area contributed by atoms with Crippen LogP contribution in [0.1, 0.15) is 13.8 Å². The minimum Gasteiger partial charge on any atom is -0.476 e. The Morgan fingerprint density at radius 2 is 2.00 bits per heavy atom. The first kappa shape index (κ1) is 12.7. The molecule has 0 spiro atoms. The summed E-state index contributed by atoms with van der Waals surface area (Å²) < 4.78 is 30.3. The molecule has 7 heteroatoms. The fourth-order valence-corrected chi connectivity index (χ4v) is 2.18. The highest BCUT2D eigenvalue weighted by molar-refractivity contribution is 7.92. The van der Waals surface area contributed by atoms with Gasteiger partial charge in [-0.25, -0.2) is 8.42 Å². The number of benzene rings is 1. The monoisotopic (exact) mass is 270 g/mol. The van der Waals surface area contributed by atoms with Crippen LogP contribution in [0.3, 0.4) is 0 Å². The van der Waals surface area contributed by atoms with Crippen LogP contribution >= 0.6 is 0 Å². The number of rotatable bonds is 2. The van der Waals surface area contributed by atoms with Gasteiger partial charge in [0.2, 0.25) is 10.0 Å². The van der Waals surface area contributed by atoms with Gasteiger partial charge in [-0.15, -0.1) is 0 Å². The lowest BCUT2D eigenvalue weighted by Crippen LogP contribution is -2.45. The third-order valence-corrected chi connectivity index (χ3v) is 3.06. The second-order valence-corrected chi connectivity index (χ2v) is 6.37. The van der Waals surface area contributed by atoms with E-state index in [0.717, 1.165) is 6.26 Å². The average molecular weight is 270 g/mol. The van der Waals surface area contributed by atoms with Crippen LogP contribution in [-0.4, -0.2) is 26.2 Å². The van der Waals surface area contributed by atoms with Crippen molar-refractivity contribution in [1.29, 1.82) is 0 Å². The van der Waals surface area contributed by atoms with E-state index in [4.69, 9.17) is 4.74 Å². The first-order chi connectivity index (χ1) is 8.19. The Morgan fingerprint density at radius 3 is 2.61 bits per heavy atom. The van der Waals surface area contributed by atoms with E-state index in [1.165, 1.54) is 0 Å². The third kappa shape index (κ3) is 2.40. The Bertz CT molecular complexity index is 607. The van der Waals surface area contributed by atoms with Crippen LogP contribution in [0.15, 0.2) is 18.2 Å². The number of hydrogen-bond donors (Lipinski definition) is 2. The molecule has 0 fully saturated rings. The van der Waals surface area contributed by atoms with Crippen molar-refractivity contribution in [1.82, 2.24) is 0 Å². The van der Waals surface area contributed by atoms with Crippen LogP contribution in [0.2, 0.25) is 0 Å². The number of ether oxygens (including phenoxy) is 1. The molecule has 1 aromatic rings. The quantitative estimate of drug-likeness (QED) is 0.844. The summed E-state index contributed by atoms with van der Waals surface area (Å²) in [5.74, 6) is 0.117. The summed E-state index contributed by atoms with van der Waals surface area (Å²) in [4.78, 5) is 11.8. The van der Waals surface area contributed by atoms with Crippen molar-refractivity contribution in [2.75, 3.05) is 16.3 Å². The fraction of sp³-hybridized carbons (Fsp3) is 0.364. The summed E-state index contributed by atoms with van der Waals surface area (Å²) in [7, 11) is -3.41. The van der Waals surface area contributed by atoms with Gasteiger partial charge in [0.25, 0.3) is 5.91 Å².